The minimum absolute atomic E-state index is 0.0738. The van der Waals surface area contributed by atoms with E-state index in [1.807, 2.05) is 12.1 Å². The third-order valence-electron chi connectivity index (χ3n) is 4.27. The summed E-state index contributed by atoms with van der Waals surface area (Å²) in [6, 6.07) is 4.27. The van der Waals surface area contributed by atoms with E-state index in [0.717, 1.165) is 16.7 Å². The van der Waals surface area contributed by atoms with Crippen LogP contribution in [0.2, 0.25) is 0 Å². The maximum atomic E-state index is 12.3. The fourth-order valence-electron chi connectivity index (χ4n) is 2.64. The maximum Gasteiger partial charge on any atom is 0.233 e. The molecule has 0 aliphatic heterocycles. The lowest BCUT2D eigenvalue weighted by Gasteiger charge is -2.15. The lowest BCUT2D eigenvalue weighted by Crippen LogP contribution is -2.27. The zero-order chi connectivity index (χ0) is 15.8. The largest absolute Gasteiger partial charge is 0.467 e. The third kappa shape index (κ3) is 3.29. The molecule has 2 aromatic heterocycles. The summed E-state index contributed by atoms with van der Waals surface area (Å²) in [5, 5.41) is 9.60. The van der Waals surface area contributed by atoms with Crippen LogP contribution in [0, 0.1) is 0 Å². The van der Waals surface area contributed by atoms with E-state index in [1.165, 1.54) is 37.4 Å². The molecule has 7 heteroatoms. The molecule has 2 fully saturated rings. The number of nitrogens with zero attached hydrogens (tertiary/aromatic N) is 4. The predicted molar refractivity (Wildman–Crippen MR) is 86.2 cm³/mol. The zero-order valence-electron chi connectivity index (χ0n) is 13.1. The van der Waals surface area contributed by atoms with E-state index in [1.54, 1.807) is 18.2 Å². The maximum absolute atomic E-state index is 12.3. The average Bonchev–Trinajstić information content (AvgIpc) is 3.48. The first-order valence-electron chi connectivity index (χ1n) is 8.06. The Kier molecular flexibility index (Phi) is 3.88. The molecule has 2 heterocycles. The van der Waals surface area contributed by atoms with Gasteiger partial charge in [-0.15, -0.1) is 10.2 Å². The van der Waals surface area contributed by atoms with Gasteiger partial charge in [-0.2, -0.15) is 0 Å². The molecule has 0 radical (unpaired) electrons. The standard InChI is InChI=1S/C16H20N4O2S/c1-19(9-13-3-2-8-22-13)14(21)10-23-16-18-17-15(11-4-5-11)20(16)12-6-7-12/h2-3,8,11-12H,4-7,9-10H2,1H3. The lowest BCUT2D eigenvalue weighted by atomic mass is 10.4. The zero-order valence-corrected chi connectivity index (χ0v) is 14.0. The van der Waals surface area contributed by atoms with Crippen LogP contribution in [0.5, 0.6) is 0 Å². The molecule has 0 atom stereocenters. The highest BCUT2D eigenvalue weighted by atomic mass is 32.2. The van der Waals surface area contributed by atoms with Crippen molar-refractivity contribution in [1.82, 2.24) is 19.7 Å². The minimum Gasteiger partial charge on any atom is -0.467 e. The van der Waals surface area contributed by atoms with Gasteiger partial charge in [0.25, 0.3) is 0 Å². The highest BCUT2D eigenvalue weighted by molar-refractivity contribution is 7.99. The Morgan fingerprint density at radius 3 is 2.87 bits per heavy atom. The Bertz CT molecular complexity index is 689. The number of hydrogen-bond acceptors (Lipinski definition) is 5. The molecule has 0 bridgehead atoms. The molecular formula is C16H20N4O2S. The van der Waals surface area contributed by atoms with Gasteiger partial charge in [-0.1, -0.05) is 11.8 Å². The summed E-state index contributed by atoms with van der Waals surface area (Å²) in [6.07, 6.45) is 6.48. The van der Waals surface area contributed by atoms with Gasteiger partial charge < -0.3 is 13.9 Å². The molecule has 0 saturated heterocycles. The second-order valence-electron chi connectivity index (χ2n) is 6.33. The van der Waals surface area contributed by atoms with Crippen molar-refractivity contribution in [3.63, 3.8) is 0 Å². The first kappa shape index (κ1) is 14.8. The van der Waals surface area contributed by atoms with E-state index in [0.29, 0.717) is 24.3 Å². The second kappa shape index (κ2) is 6.03. The average molecular weight is 332 g/mol. The van der Waals surface area contributed by atoms with Crippen molar-refractivity contribution >= 4 is 17.7 Å². The third-order valence-corrected chi connectivity index (χ3v) is 5.20. The fraction of sp³-hybridized carbons (Fsp3) is 0.562. The normalized spacial score (nSPS) is 17.4. The van der Waals surface area contributed by atoms with Gasteiger partial charge in [-0.05, 0) is 37.8 Å². The highest BCUT2D eigenvalue weighted by Gasteiger charge is 2.36. The van der Waals surface area contributed by atoms with Gasteiger partial charge in [0.2, 0.25) is 5.91 Å². The van der Waals surface area contributed by atoms with Crippen LogP contribution < -0.4 is 0 Å². The Morgan fingerprint density at radius 1 is 1.39 bits per heavy atom. The molecule has 4 rings (SSSR count). The molecule has 122 valence electrons. The van der Waals surface area contributed by atoms with Crippen molar-refractivity contribution in [1.29, 1.82) is 0 Å². The number of aromatic nitrogens is 3. The fourth-order valence-corrected chi connectivity index (χ4v) is 3.60. The Morgan fingerprint density at radius 2 is 2.22 bits per heavy atom. The summed E-state index contributed by atoms with van der Waals surface area (Å²) in [6.45, 7) is 0.495. The molecule has 0 unspecified atom stereocenters. The lowest BCUT2D eigenvalue weighted by molar-refractivity contribution is -0.127. The number of carbonyl (C=O) groups excluding carboxylic acids is 1. The Balaban J connectivity index is 1.38. The van der Waals surface area contributed by atoms with Crippen molar-refractivity contribution in [2.75, 3.05) is 12.8 Å². The number of amides is 1. The number of carbonyl (C=O) groups is 1. The van der Waals surface area contributed by atoms with Crippen molar-refractivity contribution < 1.29 is 9.21 Å². The molecule has 1 amide bonds. The first-order valence-corrected chi connectivity index (χ1v) is 9.05. The highest BCUT2D eigenvalue weighted by Crippen LogP contribution is 2.45. The molecule has 23 heavy (non-hydrogen) atoms. The SMILES string of the molecule is CN(Cc1ccco1)C(=O)CSc1nnc(C2CC2)n1C1CC1. The summed E-state index contributed by atoms with van der Waals surface area (Å²) >= 11 is 1.50. The van der Waals surface area contributed by atoms with Gasteiger partial charge in [0.05, 0.1) is 18.6 Å². The van der Waals surface area contributed by atoms with E-state index in [2.05, 4.69) is 14.8 Å². The monoisotopic (exact) mass is 332 g/mol. The molecule has 0 N–H and O–H groups in total. The second-order valence-corrected chi connectivity index (χ2v) is 7.28. The summed E-state index contributed by atoms with van der Waals surface area (Å²) in [5.74, 6) is 2.97. The first-order chi connectivity index (χ1) is 11.2. The number of furan rings is 1. The van der Waals surface area contributed by atoms with Crippen LogP contribution in [0.3, 0.4) is 0 Å². The summed E-state index contributed by atoms with van der Waals surface area (Å²) in [7, 11) is 1.80. The molecule has 6 nitrogen and oxygen atoms in total. The summed E-state index contributed by atoms with van der Waals surface area (Å²) in [5.41, 5.74) is 0. The van der Waals surface area contributed by atoms with Crippen LogP contribution in [0.25, 0.3) is 0 Å². The van der Waals surface area contributed by atoms with Gasteiger partial charge in [-0.25, -0.2) is 0 Å². The van der Waals surface area contributed by atoms with Crippen LogP contribution >= 0.6 is 11.8 Å². The van der Waals surface area contributed by atoms with Crippen molar-refractivity contribution in [3.8, 4) is 0 Å². The molecule has 2 aliphatic carbocycles. The van der Waals surface area contributed by atoms with Crippen LogP contribution in [-0.2, 0) is 11.3 Å². The van der Waals surface area contributed by atoms with Gasteiger partial charge in [0.1, 0.15) is 11.6 Å². The van der Waals surface area contributed by atoms with Crippen molar-refractivity contribution in [2.45, 2.75) is 49.3 Å². The van der Waals surface area contributed by atoms with Crippen molar-refractivity contribution in [3.05, 3.63) is 30.0 Å². The van der Waals surface area contributed by atoms with Gasteiger partial charge in [-0.3, -0.25) is 4.79 Å². The van der Waals surface area contributed by atoms with E-state index in [-0.39, 0.29) is 5.91 Å². The van der Waals surface area contributed by atoms with E-state index < -0.39 is 0 Å². The number of thioether (sulfide) groups is 1. The van der Waals surface area contributed by atoms with Crippen LogP contribution in [-0.4, -0.2) is 38.4 Å². The molecule has 2 saturated carbocycles. The number of hydrogen-bond donors (Lipinski definition) is 0. The molecule has 0 spiro atoms. The van der Waals surface area contributed by atoms with Gasteiger partial charge in [0, 0.05) is 19.0 Å². The number of rotatable bonds is 7. The summed E-state index contributed by atoms with van der Waals surface area (Å²) in [4.78, 5) is 14.0. The molecular weight excluding hydrogens is 312 g/mol. The quantitative estimate of drug-likeness (QED) is 0.730. The summed E-state index contributed by atoms with van der Waals surface area (Å²) < 4.78 is 7.57. The molecule has 0 aromatic carbocycles. The molecule has 2 aliphatic rings. The minimum atomic E-state index is 0.0738. The predicted octanol–water partition coefficient (Wildman–Crippen LogP) is 2.83. The van der Waals surface area contributed by atoms with E-state index in [9.17, 15) is 4.79 Å². The smallest absolute Gasteiger partial charge is 0.233 e. The molecule has 2 aromatic rings. The van der Waals surface area contributed by atoms with E-state index >= 15 is 0 Å². The Labute approximate surface area is 139 Å². The van der Waals surface area contributed by atoms with Crippen LogP contribution in [0.1, 0.15) is 49.2 Å². The van der Waals surface area contributed by atoms with Crippen molar-refractivity contribution in [2.24, 2.45) is 0 Å². The van der Waals surface area contributed by atoms with Gasteiger partial charge in [0.15, 0.2) is 5.16 Å². The van der Waals surface area contributed by atoms with Crippen LogP contribution in [0.4, 0.5) is 0 Å². The van der Waals surface area contributed by atoms with Crippen LogP contribution in [0.15, 0.2) is 28.0 Å². The van der Waals surface area contributed by atoms with E-state index in [4.69, 9.17) is 4.42 Å². The van der Waals surface area contributed by atoms with Gasteiger partial charge >= 0.3 is 0 Å². The Hall–Kier alpha value is -1.76. The topological polar surface area (TPSA) is 64.2 Å².